The summed E-state index contributed by atoms with van der Waals surface area (Å²) in [5.74, 6) is 0.0493. The van der Waals surface area contributed by atoms with Gasteiger partial charge in [-0.25, -0.2) is 0 Å². The number of ether oxygens (including phenoxy) is 1. The lowest BCUT2D eigenvalue weighted by molar-refractivity contribution is -0.118. The first kappa shape index (κ1) is 11.6. The van der Waals surface area contributed by atoms with Crippen molar-refractivity contribution in [3.8, 4) is 0 Å². The molecular weight excluding hydrogens is 204 g/mol. The highest BCUT2D eigenvalue weighted by Gasteiger charge is 2.30. The third-order valence-corrected chi connectivity index (χ3v) is 3.47. The summed E-state index contributed by atoms with van der Waals surface area (Å²) in [5.41, 5.74) is 1.92. The first-order valence-electron chi connectivity index (χ1n) is 5.92. The van der Waals surface area contributed by atoms with Gasteiger partial charge in [-0.15, -0.1) is 0 Å². The maximum Gasteiger partial charge on any atom is 0.247 e. The Bertz CT molecular complexity index is 311. The lowest BCUT2D eigenvalue weighted by atomic mass is 10.0. The van der Waals surface area contributed by atoms with Crippen LogP contribution in [0.1, 0.15) is 26.7 Å². The van der Waals surface area contributed by atoms with Crippen molar-refractivity contribution in [2.24, 2.45) is 0 Å². The van der Waals surface area contributed by atoms with E-state index >= 15 is 0 Å². The zero-order valence-electron chi connectivity index (χ0n) is 10.1. The molecule has 2 aliphatic rings. The van der Waals surface area contributed by atoms with E-state index in [9.17, 15) is 4.79 Å². The molecule has 0 aromatic heterocycles. The fraction of sp³-hybridized carbons (Fsp3) is 0.750. The van der Waals surface area contributed by atoms with Gasteiger partial charge in [0, 0.05) is 31.8 Å². The van der Waals surface area contributed by atoms with E-state index in [-0.39, 0.29) is 11.5 Å². The molecule has 16 heavy (non-hydrogen) atoms. The van der Waals surface area contributed by atoms with Crippen LogP contribution in [0.3, 0.4) is 0 Å². The van der Waals surface area contributed by atoms with Crippen LogP contribution in [-0.4, -0.2) is 37.7 Å². The van der Waals surface area contributed by atoms with E-state index in [1.54, 1.807) is 0 Å². The van der Waals surface area contributed by atoms with Crippen molar-refractivity contribution in [1.29, 1.82) is 0 Å². The molecule has 4 heteroatoms. The Morgan fingerprint density at radius 3 is 2.81 bits per heavy atom. The molecule has 0 spiro atoms. The van der Waals surface area contributed by atoms with Crippen molar-refractivity contribution < 1.29 is 9.53 Å². The molecule has 1 amide bonds. The molecule has 2 N–H and O–H groups in total. The maximum atomic E-state index is 11.8. The van der Waals surface area contributed by atoms with Gasteiger partial charge in [-0.1, -0.05) is 0 Å². The molecule has 4 nitrogen and oxygen atoms in total. The summed E-state index contributed by atoms with van der Waals surface area (Å²) in [6.45, 7) is 7.09. The summed E-state index contributed by atoms with van der Waals surface area (Å²) in [6.07, 6.45) is 2.13. The van der Waals surface area contributed by atoms with Crippen molar-refractivity contribution in [2.45, 2.75) is 32.3 Å². The molecular formula is C12H20N2O2. The third kappa shape index (κ3) is 2.44. The van der Waals surface area contributed by atoms with Crippen molar-refractivity contribution in [3.05, 3.63) is 11.1 Å². The highest BCUT2D eigenvalue weighted by atomic mass is 16.5. The molecule has 0 aliphatic carbocycles. The number of amides is 1. The largest absolute Gasteiger partial charge is 0.373 e. The Morgan fingerprint density at radius 2 is 2.31 bits per heavy atom. The van der Waals surface area contributed by atoms with Crippen LogP contribution in [0.25, 0.3) is 0 Å². The number of rotatable bonds is 3. The summed E-state index contributed by atoms with van der Waals surface area (Å²) < 4.78 is 5.63. The fourth-order valence-electron chi connectivity index (χ4n) is 2.05. The molecule has 0 radical (unpaired) electrons. The van der Waals surface area contributed by atoms with Crippen LogP contribution >= 0.6 is 0 Å². The van der Waals surface area contributed by atoms with Crippen LogP contribution in [0, 0.1) is 0 Å². The Kier molecular flexibility index (Phi) is 3.30. The van der Waals surface area contributed by atoms with Crippen LogP contribution in [0.4, 0.5) is 0 Å². The number of hydrogen-bond acceptors (Lipinski definition) is 3. The van der Waals surface area contributed by atoms with Crippen LogP contribution in [0.15, 0.2) is 11.1 Å². The quantitative estimate of drug-likeness (QED) is 0.690. The second-order valence-electron chi connectivity index (χ2n) is 4.92. The van der Waals surface area contributed by atoms with Crippen LogP contribution < -0.4 is 10.6 Å². The second kappa shape index (κ2) is 4.55. The molecule has 1 unspecified atom stereocenters. The summed E-state index contributed by atoms with van der Waals surface area (Å²) >= 11 is 0. The van der Waals surface area contributed by atoms with Crippen LogP contribution in [0.2, 0.25) is 0 Å². The average Bonchev–Trinajstić information content (AvgIpc) is 2.59. The summed E-state index contributed by atoms with van der Waals surface area (Å²) in [4.78, 5) is 11.8. The third-order valence-electron chi connectivity index (χ3n) is 3.47. The lowest BCUT2D eigenvalue weighted by Crippen LogP contribution is -2.42. The van der Waals surface area contributed by atoms with E-state index in [2.05, 4.69) is 17.6 Å². The first-order chi connectivity index (χ1) is 7.61. The minimum absolute atomic E-state index is 0.0493. The van der Waals surface area contributed by atoms with E-state index in [1.165, 1.54) is 5.57 Å². The summed E-state index contributed by atoms with van der Waals surface area (Å²) in [6, 6.07) is 0. The summed E-state index contributed by atoms with van der Waals surface area (Å²) in [7, 11) is 0. The number of carbonyl (C=O) groups is 1. The fourth-order valence-corrected chi connectivity index (χ4v) is 2.05. The highest BCUT2D eigenvalue weighted by molar-refractivity contribution is 5.94. The number of carbonyl (C=O) groups excluding carboxylic acids is 1. The minimum atomic E-state index is -0.154. The van der Waals surface area contributed by atoms with Crippen molar-refractivity contribution in [2.75, 3.05) is 26.2 Å². The highest BCUT2D eigenvalue weighted by Crippen LogP contribution is 2.24. The van der Waals surface area contributed by atoms with Gasteiger partial charge in [0.1, 0.15) is 0 Å². The molecule has 2 heterocycles. The van der Waals surface area contributed by atoms with E-state index in [0.29, 0.717) is 6.54 Å². The molecule has 0 saturated carbocycles. The molecule has 0 aromatic rings. The Morgan fingerprint density at radius 1 is 1.56 bits per heavy atom. The molecule has 2 saturated heterocycles. The van der Waals surface area contributed by atoms with Gasteiger partial charge < -0.3 is 15.4 Å². The minimum Gasteiger partial charge on any atom is -0.373 e. The van der Waals surface area contributed by atoms with Crippen molar-refractivity contribution >= 4 is 5.91 Å². The SMILES string of the molecule is CC(C(=O)NCC1(C)CCCO1)=C1CNC1. The molecule has 1 atom stereocenters. The van der Waals surface area contributed by atoms with Crippen molar-refractivity contribution in [3.63, 3.8) is 0 Å². The molecule has 2 fully saturated rings. The summed E-state index contributed by atoms with van der Waals surface area (Å²) in [5, 5.41) is 6.10. The van der Waals surface area contributed by atoms with E-state index in [4.69, 9.17) is 4.74 Å². The van der Waals surface area contributed by atoms with Gasteiger partial charge >= 0.3 is 0 Å². The molecule has 90 valence electrons. The Labute approximate surface area is 96.4 Å². The topological polar surface area (TPSA) is 50.4 Å². The van der Waals surface area contributed by atoms with Crippen molar-refractivity contribution in [1.82, 2.24) is 10.6 Å². The van der Waals surface area contributed by atoms with Gasteiger partial charge in [0.15, 0.2) is 0 Å². The van der Waals surface area contributed by atoms with E-state index in [0.717, 1.165) is 38.1 Å². The monoisotopic (exact) mass is 224 g/mol. The van der Waals surface area contributed by atoms with Gasteiger partial charge in [-0.2, -0.15) is 0 Å². The van der Waals surface area contributed by atoms with Crippen LogP contribution in [0.5, 0.6) is 0 Å². The van der Waals surface area contributed by atoms with Gasteiger partial charge in [-0.05, 0) is 32.3 Å². The predicted octanol–water partition coefficient (Wildman–Crippen LogP) is 0.591. The van der Waals surface area contributed by atoms with Gasteiger partial charge in [0.2, 0.25) is 5.91 Å². The van der Waals surface area contributed by atoms with E-state index in [1.807, 2.05) is 6.92 Å². The average molecular weight is 224 g/mol. The zero-order valence-corrected chi connectivity index (χ0v) is 10.1. The first-order valence-corrected chi connectivity index (χ1v) is 5.92. The predicted molar refractivity (Wildman–Crippen MR) is 62.2 cm³/mol. The molecule has 0 bridgehead atoms. The molecule has 0 aromatic carbocycles. The van der Waals surface area contributed by atoms with E-state index < -0.39 is 0 Å². The van der Waals surface area contributed by atoms with Crippen LogP contribution in [-0.2, 0) is 9.53 Å². The lowest BCUT2D eigenvalue weighted by Gasteiger charge is -2.25. The van der Waals surface area contributed by atoms with Gasteiger partial charge in [0.05, 0.1) is 5.60 Å². The zero-order chi connectivity index (χ0) is 11.6. The van der Waals surface area contributed by atoms with Gasteiger partial charge in [0.25, 0.3) is 0 Å². The molecule has 2 rings (SSSR count). The Balaban J connectivity index is 1.83. The smallest absolute Gasteiger partial charge is 0.247 e. The number of nitrogens with one attached hydrogen (secondary N) is 2. The normalized spacial score (nSPS) is 28.8. The van der Waals surface area contributed by atoms with Gasteiger partial charge in [-0.3, -0.25) is 4.79 Å². The molecule has 2 aliphatic heterocycles. The standard InChI is InChI=1S/C12H20N2O2/c1-9(10-6-13-7-10)11(15)14-8-12(2)4-3-5-16-12/h13H,3-8H2,1-2H3,(H,14,15). The maximum absolute atomic E-state index is 11.8. The number of hydrogen-bond donors (Lipinski definition) is 2. The Hall–Kier alpha value is -0.870. The second-order valence-corrected chi connectivity index (χ2v) is 4.92.